The van der Waals surface area contributed by atoms with E-state index in [4.69, 9.17) is 5.11 Å². The summed E-state index contributed by atoms with van der Waals surface area (Å²) < 4.78 is 0. The minimum absolute atomic E-state index is 0.0694. The Morgan fingerprint density at radius 2 is 2.06 bits per heavy atom. The van der Waals surface area contributed by atoms with Crippen LogP contribution in [0.5, 0.6) is 0 Å². The third-order valence-corrected chi connectivity index (χ3v) is 4.59. The highest BCUT2D eigenvalue weighted by Gasteiger charge is 2.41. The Hall–Kier alpha value is -0.680. The number of aliphatic hydroxyl groups is 1. The van der Waals surface area contributed by atoms with Gasteiger partial charge in [-0.3, -0.25) is 0 Å². The van der Waals surface area contributed by atoms with Gasteiger partial charge in [0.15, 0.2) is 0 Å². The molecule has 0 unspecified atom stereocenters. The fourth-order valence-corrected chi connectivity index (χ4v) is 2.59. The van der Waals surface area contributed by atoms with Crippen molar-refractivity contribution in [3.63, 3.8) is 0 Å². The van der Waals surface area contributed by atoms with Crippen molar-refractivity contribution in [3.05, 3.63) is 5.01 Å². The van der Waals surface area contributed by atoms with E-state index in [0.717, 1.165) is 23.1 Å². The Kier molecular flexibility index (Phi) is 3.41. The minimum Gasteiger partial charge on any atom is -0.396 e. The zero-order chi connectivity index (χ0) is 12.5. The maximum absolute atomic E-state index is 9.00. The number of aliphatic hydroxyl groups excluding tert-OH is 1. The molecule has 1 aromatic rings. The third-order valence-electron chi connectivity index (χ3n) is 3.28. The van der Waals surface area contributed by atoms with Crippen LogP contribution in [0, 0.1) is 5.41 Å². The van der Waals surface area contributed by atoms with Gasteiger partial charge in [0.05, 0.1) is 0 Å². The van der Waals surface area contributed by atoms with Gasteiger partial charge in [0, 0.05) is 18.6 Å². The molecule has 0 spiro atoms. The minimum atomic E-state index is 0.0694. The lowest BCUT2D eigenvalue weighted by Gasteiger charge is -2.14. The van der Waals surface area contributed by atoms with Gasteiger partial charge in [-0.15, -0.1) is 10.2 Å². The molecular weight excluding hydrogens is 234 g/mol. The van der Waals surface area contributed by atoms with Crippen molar-refractivity contribution in [2.45, 2.75) is 45.4 Å². The van der Waals surface area contributed by atoms with E-state index in [0.29, 0.717) is 5.41 Å². The Balaban J connectivity index is 1.90. The molecule has 1 heterocycles. The molecule has 1 aliphatic carbocycles. The molecule has 2 rings (SSSR count). The number of nitrogens with one attached hydrogen (secondary N) is 1. The Bertz CT molecular complexity index is 379. The fraction of sp³-hybridized carbons (Fsp3) is 0.833. The van der Waals surface area contributed by atoms with Crippen LogP contribution in [0.25, 0.3) is 0 Å². The SMILES string of the molecule is CC(C)(C)c1nnc(NCC2(CCO)CC2)s1. The summed E-state index contributed by atoms with van der Waals surface area (Å²) in [4.78, 5) is 0. The van der Waals surface area contributed by atoms with Crippen molar-refractivity contribution in [3.8, 4) is 0 Å². The molecule has 96 valence electrons. The van der Waals surface area contributed by atoms with Crippen molar-refractivity contribution in [2.75, 3.05) is 18.5 Å². The van der Waals surface area contributed by atoms with Crippen LogP contribution in [-0.2, 0) is 5.41 Å². The predicted octanol–water partition coefficient (Wildman–Crippen LogP) is 2.41. The first-order valence-electron chi connectivity index (χ1n) is 6.14. The molecule has 1 fully saturated rings. The molecule has 17 heavy (non-hydrogen) atoms. The summed E-state index contributed by atoms with van der Waals surface area (Å²) in [5.74, 6) is 0. The van der Waals surface area contributed by atoms with Crippen molar-refractivity contribution in [2.24, 2.45) is 5.41 Å². The second kappa shape index (κ2) is 4.53. The summed E-state index contributed by atoms with van der Waals surface area (Å²) in [6.45, 7) is 7.62. The van der Waals surface area contributed by atoms with Crippen LogP contribution < -0.4 is 5.32 Å². The van der Waals surface area contributed by atoms with Gasteiger partial charge < -0.3 is 10.4 Å². The van der Waals surface area contributed by atoms with Crippen LogP contribution in [0.2, 0.25) is 0 Å². The molecule has 0 atom stereocenters. The van der Waals surface area contributed by atoms with Crippen molar-refractivity contribution >= 4 is 16.5 Å². The lowest BCUT2D eigenvalue weighted by atomic mass is 9.98. The first kappa shape index (κ1) is 12.8. The molecule has 1 aromatic heterocycles. The number of anilines is 1. The molecule has 2 N–H and O–H groups in total. The first-order valence-corrected chi connectivity index (χ1v) is 6.96. The Morgan fingerprint density at radius 3 is 2.53 bits per heavy atom. The normalized spacial score (nSPS) is 18.1. The molecule has 4 nitrogen and oxygen atoms in total. The Labute approximate surface area is 106 Å². The average Bonchev–Trinajstić information content (AvgIpc) is 2.82. The van der Waals surface area contributed by atoms with Crippen LogP contribution in [-0.4, -0.2) is 28.5 Å². The molecule has 0 radical (unpaired) electrons. The van der Waals surface area contributed by atoms with Crippen molar-refractivity contribution < 1.29 is 5.11 Å². The molecule has 1 aliphatic rings. The van der Waals surface area contributed by atoms with Crippen LogP contribution in [0.1, 0.15) is 45.0 Å². The predicted molar refractivity (Wildman–Crippen MR) is 70.5 cm³/mol. The van der Waals surface area contributed by atoms with Crippen LogP contribution in [0.3, 0.4) is 0 Å². The summed E-state index contributed by atoms with van der Waals surface area (Å²) in [6.07, 6.45) is 3.32. The van der Waals surface area contributed by atoms with E-state index in [-0.39, 0.29) is 12.0 Å². The van der Waals surface area contributed by atoms with Gasteiger partial charge in [0.25, 0.3) is 0 Å². The second-order valence-corrected chi connectivity index (χ2v) is 6.97. The lowest BCUT2D eigenvalue weighted by molar-refractivity contribution is 0.253. The largest absolute Gasteiger partial charge is 0.396 e. The molecule has 5 heteroatoms. The molecule has 0 amide bonds. The number of aromatic nitrogens is 2. The third kappa shape index (κ3) is 3.16. The first-order chi connectivity index (χ1) is 7.95. The van der Waals surface area contributed by atoms with Crippen molar-refractivity contribution in [1.82, 2.24) is 10.2 Å². The lowest BCUT2D eigenvalue weighted by Crippen LogP contribution is -2.16. The van der Waals surface area contributed by atoms with Gasteiger partial charge in [0.2, 0.25) is 5.13 Å². The van der Waals surface area contributed by atoms with E-state index in [9.17, 15) is 0 Å². The van der Waals surface area contributed by atoms with E-state index < -0.39 is 0 Å². The summed E-state index contributed by atoms with van der Waals surface area (Å²) >= 11 is 1.63. The van der Waals surface area contributed by atoms with Crippen molar-refractivity contribution in [1.29, 1.82) is 0 Å². The van der Waals surface area contributed by atoms with Crippen LogP contribution in [0.15, 0.2) is 0 Å². The summed E-state index contributed by atoms with van der Waals surface area (Å²) in [5, 5.41) is 22.7. The molecule has 0 bridgehead atoms. The van der Waals surface area contributed by atoms with Crippen LogP contribution >= 0.6 is 11.3 Å². The van der Waals surface area contributed by atoms with Gasteiger partial charge in [0.1, 0.15) is 5.01 Å². The van der Waals surface area contributed by atoms with E-state index in [2.05, 4.69) is 36.3 Å². The zero-order valence-electron chi connectivity index (χ0n) is 10.8. The number of hydrogen-bond donors (Lipinski definition) is 2. The monoisotopic (exact) mass is 255 g/mol. The zero-order valence-corrected chi connectivity index (χ0v) is 11.6. The van der Waals surface area contributed by atoms with Gasteiger partial charge in [-0.1, -0.05) is 32.1 Å². The van der Waals surface area contributed by atoms with Gasteiger partial charge in [-0.05, 0) is 24.7 Å². The molecule has 0 aliphatic heterocycles. The maximum Gasteiger partial charge on any atom is 0.205 e. The topological polar surface area (TPSA) is 58.0 Å². The number of rotatable bonds is 5. The van der Waals surface area contributed by atoms with E-state index in [1.54, 1.807) is 11.3 Å². The summed E-state index contributed by atoms with van der Waals surface area (Å²) in [5.41, 5.74) is 0.391. The number of nitrogens with zero attached hydrogens (tertiary/aromatic N) is 2. The van der Waals surface area contributed by atoms with E-state index >= 15 is 0 Å². The van der Waals surface area contributed by atoms with Crippen LogP contribution in [0.4, 0.5) is 5.13 Å². The average molecular weight is 255 g/mol. The Morgan fingerprint density at radius 1 is 1.35 bits per heavy atom. The molecule has 0 aromatic carbocycles. The van der Waals surface area contributed by atoms with Gasteiger partial charge in [-0.25, -0.2) is 0 Å². The quantitative estimate of drug-likeness (QED) is 0.848. The highest BCUT2D eigenvalue weighted by atomic mass is 32.1. The maximum atomic E-state index is 9.00. The molecule has 0 saturated heterocycles. The highest BCUT2D eigenvalue weighted by molar-refractivity contribution is 7.15. The second-order valence-electron chi connectivity index (χ2n) is 5.99. The summed E-state index contributed by atoms with van der Waals surface area (Å²) in [6, 6.07) is 0. The van der Waals surface area contributed by atoms with E-state index in [1.807, 2.05) is 0 Å². The molecular formula is C12H21N3OS. The number of hydrogen-bond acceptors (Lipinski definition) is 5. The standard InChI is InChI=1S/C12H21N3OS/c1-11(2,3)9-14-15-10(17-9)13-8-12(4-5-12)6-7-16/h16H,4-8H2,1-3H3,(H,13,15). The smallest absolute Gasteiger partial charge is 0.205 e. The van der Waals surface area contributed by atoms with Gasteiger partial charge in [-0.2, -0.15) is 0 Å². The fourth-order valence-electron chi connectivity index (χ4n) is 1.79. The van der Waals surface area contributed by atoms with Gasteiger partial charge >= 0.3 is 0 Å². The van der Waals surface area contributed by atoms with E-state index in [1.165, 1.54) is 12.8 Å². The molecule has 1 saturated carbocycles. The highest BCUT2D eigenvalue weighted by Crippen LogP contribution is 2.48. The summed E-state index contributed by atoms with van der Waals surface area (Å²) in [7, 11) is 0.